The zero-order chi connectivity index (χ0) is 14.2. The van der Waals surface area contributed by atoms with Gasteiger partial charge in [-0.05, 0) is 46.2 Å². The highest BCUT2D eigenvalue weighted by Crippen LogP contribution is 2.34. The molecule has 1 nitrogen and oxygen atoms in total. The van der Waals surface area contributed by atoms with E-state index < -0.39 is 0 Å². The summed E-state index contributed by atoms with van der Waals surface area (Å²) in [4.78, 5) is 4.38. The minimum absolute atomic E-state index is 1.03. The molecule has 2 heteroatoms. The Morgan fingerprint density at radius 2 is 1.62 bits per heavy atom. The first kappa shape index (κ1) is 12.5. The van der Waals surface area contributed by atoms with E-state index in [9.17, 15) is 0 Å². The van der Waals surface area contributed by atoms with Crippen LogP contribution >= 0.6 is 15.9 Å². The number of hydrogen-bond acceptors (Lipinski definition) is 1. The summed E-state index contributed by atoms with van der Waals surface area (Å²) >= 11 is 3.63. The smallest absolute Gasteiger partial charge is 0.0702 e. The van der Waals surface area contributed by atoms with Crippen molar-refractivity contribution >= 4 is 37.6 Å². The number of rotatable bonds is 1. The second-order valence-electron chi connectivity index (χ2n) is 5.05. The minimum Gasteiger partial charge on any atom is -0.256 e. The molecule has 0 aliphatic rings. The van der Waals surface area contributed by atoms with Gasteiger partial charge in [0, 0.05) is 16.1 Å². The fraction of sp³-hybridized carbons (Fsp3) is 0. The molecule has 0 bridgehead atoms. The molecule has 0 amide bonds. The van der Waals surface area contributed by atoms with E-state index in [-0.39, 0.29) is 0 Å². The first-order chi connectivity index (χ1) is 10.3. The van der Waals surface area contributed by atoms with Crippen LogP contribution in [0.25, 0.3) is 32.8 Å². The van der Waals surface area contributed by atoms with Crippen molar-refractivity contribution in [1.29, 1.82) is 0 Å². The van der Waals surface area contributed by atoms with Crippen LogP contribution in [0.4, 0.5) is 0 Å². The Balaban J connectivity index is 2.02. The largest absolute Gasteiger partial charge is 0.256 e. The fourth-order valence-electron chi connectivity index (χ4n) is 2.76. The van der Waals surface area contributed by atoms with Crippen molar-refractivity contribution < 1.29 is 0 Å². The molecular formula is C19H12BrN. The van der Waals surface area contributed by atoms with E-state index in [0.29, 0.717) is 0 Å². The van der Waals surface area contributed by atoms with Crippen LogP contribution in [-0.2, 0) is 0 Å². The summed E-state index contributed by atoms with van der Waals surface area (Å²) < 4.78 is 1.13. The van der Waals surface area contributed by atoms with Gasteiger partial charge in [-0.1, -0.05) is 58.4 Å². The topological polar surface area (TPSA) is 12.9 Å². The van der Waals surface area contributed by atoms with Crippen molar-refractivity contribution in [3.8, 4) is 11.1 Å². The standard InChI is InChI=1S/C19H12BrN/c20-18-9-8-15(16-5-1-2-6-17(16)18)13-7-10-19-14(12-13)4-3-11-21-19/h1-12H. The number of pyridine rings is 1. The molecule has 0 N–H and O–H groups in total. The van der Waals surface area contributed by atoms with E-state index in [1.807, 2.05) is 12.3 Å². The lowest BCUT2D eigenvalue weighted by molar-refractivity contribution is 1.41. The average Bonchev–Trinajstić information content (AvgIpc) is 2.55. The fourth-order valence-corrected chi connectivity index (χ4v) is 3.24. The first-order valence-electron chi connectivity index (χ1n) is 6.85. The quantitative estimate of drug-likeness (QED) is 0.427. The molecule has 0 atom stereocenters. The Morgan fingerprint density at radius 3 is 2.52 bits per heavy atom. The van der Waals surface area contributed by atoms with E-state index in [4.69, 9.17) is 0 Å². The van der Waals surface area contributed by atoms with Crippen LogP contribution in [0.5, 0.6) is 0 Å². The number of nitrogens with zero attached hydrogens (tertiary/aromatic N) is 1. The van der Waals surface area contributed by atoms with E-state index in [1.54, 1.807) is 0 Å². The van der Waals surface area contributed by atoms with Gasteiger partial charge in [0.25, 0.3) is 0 Å². The van der Waals surface area contributed by atoms with Crippen LogP contribution in [-0.4, -0.2) is 4.98 Å². The molecule has 0 saturated heterocycles. The highest BCUT2D eigenvalue weighted by molar-refractivity contribution is 9.10. The highest BCUT2D eigenvalue weighted by Gasteiger charge is 2.07. The Bertz CT molecular complexity index is 960. The number of hydrogen-bond donors (Lipinski definition) is 0. The Labute approximate surface area is 131 Å². The molecule has 0 aliphatic carbocycles. The van der Waals surface area contributed by atoms with Crippen LogP contribution in [0.15, 0.2) is 77.4 Å². The van der Waals surface area contributed by atoms with Gasteiger partial charge in [0.1, 0.15) is 0 Å². The van der Waals surface area contributed by atoms with E-state index in [1.165, 1.54) is 27.3 Å². The van der Waals surface area contributed by atoms with E-state index in [2.05, 4.69) is 81.6 Å². The van der Waals surface area contributed by atoms with E-state index >= 15 is 0 Å². The van der Waals surface area contributed by atoms with Gasteiger partial charge in [-0.25, -0.2) is 0 Å². The third-order valence-electron chi connectivity index (χ3n) is 3.78. The molecule has 0 radical (unpaired) electrons. The number of halogens is 1. The predicted molar refractivity (Wildman–Crippen MR) is 92.4 cm³/mol. The summed E-state index contributed by atoms with van der Waals surface area (Å²) in [6.45, 7) is 0. The van der Waals surface area contributed by atoms with Crippen LogP contribution in [0, 0.1) is 0 Å². The summed E-state index contributed by atoms with van der Waals surface area (Å²) in [5.41, 5.74) is 3.50. The molecule has 4 rings (SSSR count). The molecule has 0 spiro atoms. The van der Waals surface area contributed by atoms with Gasteiger partial charge in [-0.2, -0.15) is 0 Å². The van der Waals surface area contributed by atoms with Crippen molar-refractivity contribution in [1.82, 2.24) is 4.98 Å². The third-order valence-corrected chi connectivity index (χ3v) is 4.48. The SMILES string of the molecule is Brc1ccc(-c2ccc3ncccc3c2)c2ccccc12. The van der Waals surface area contributed by atoms with Gasteiger partial charge in [0.15, 0.2) is 0 Å². The molecule has 4 aromatic rings. The monoisotopic (exact) mass is 333 g/mol. The normalized spacial score (nSPS) is 11.1. The summed E-state index contributed by atoms with van der Waals surface area (Å²) in [7, 11) is 0. The molecule has 0 saturated carbocycles. The third kappa shape index (κ3) is 2.12. The van der Waals surface area contributed by atoms with Crippen molar-refractivity contribution in [2.24, 2.45) is 0 Å². The molecule has 100 valence electrons. The minimum atomic E-state index is 1.03. The van der Waals surface area contributed by atoms with Gasteiger partial charge in [-0.15, -0.1) is 0 Å². The summed E-state index contributed by atoms with van der Waals surface area (Å²) in [5, 5.41) is 3.67. The first-order valence-corrected chi connectivity index (χ1v) is 7.65. The van der Waals surface area contributed by atoms with Gasteiger partial charge in [-0.3, -0.25) is 4.98 Å². The van der Waals surface area contributed by atoms with Gasteiger partial charge in [0.05, 0.1) is 5.52 Å². The van der Waals surface area contributed by atoms with Crippen LogP contribution in [0.3, 0.4) is 0 Å². The number of aromatic nitrogens is 1. The average molecular weight is 334 g/mol. The van der Waals surface area contributed by atoms with E-state index in [0.717, 1.165) is 9.99 Å². The maximum Gasteiger partial charge on any atom is 0.0702 e. The lowest BCUT2D eigenvalue weighted by Crippen LogP contribution is -1.84. The zero-order valence-electron chi connectivity index (χ0n) is 11.3. The van der Waals surface area contributed by atoms with Crippen molar-refractivity contribution in [2.75, 3.05) is 0 Å². The number of fused-ring (bicyclic) bond motifs is 2. The van der Waals surface area contributed by atoms with Crippen LogP contribution < -0.4 is 0 Å². The van der Waals surface area contributed by atoms with Crippen molar-refractivity contribution in [3.05, 3.63) is 77.4 Å². The molecule has 0 unspecified atom stereocenters. The Hall–Kier alpha value is -2.19. The predicted octanol–water partition coefficient (Wildman–Crippen LogP) is 5.82. The van der Waals surface area contributed by atoms with Gasteiger partial charge >= 0.3 is 0 Å². The lowest BCUT2D eigenvalue weighted by atomic mass is 9.97. The molecule has 0 fully saturated rings. The van der Waals surface area contributed by atoms with Crippen molar-refractivity contribution in [2.45, 2.75) is 0 Å². The maximum absolute atomic E-state index is 4.38. The number of benzene rings is 3. The maximum atomic E-state index is 4.38. The lowest BCUT2D eigenvalue weighted by Gasteiger charge is -2.09. The van der Waals surface area contributed by atoms with Crippen LogP contribution in [0.2, 0.25) is 0 Å². The highest BCUT2D eigenvalue weighted by atomic mass is 79.9. The summed E-state index contributed by atoms with van der Waals surface area (Å²) in [6, 6.07) is 23.3. The summed E-state index contributed by atoms with van der Waals surface area (Å²) in [6.07, 6.45) is 1.83. The molecular weight excluding hydrogens is 322 g/mol. The second kappa shape index (κ2) is 4.97. The van der Waals surface area contributed by atoms with Gasteiger partial charge < -0.3 is 0 Å². The van der Waals surface area contributed by atoms with Crippen molar-refractivity contribution in [3.63, 3.8) is 0 Å². The zero-order valence-corrected chi connectivity index (χ0v) is 12.8. The molecule has 3 aromatic carbocycles. The molecule has 1 aromatic heterocycles. The molecule has 21 heavy (non-hydrogen) atoms. The Kier molecular flexibility index (Phi) is 2.97. The summed E-state index contributed by atoms with van der Waals surface area (Å²) in [5.74, 6) is 0. The Morgan fingerprint density at radius 1 is 0.762 bits per heavy atom. The van der Waals surface area contributed by atoms with Crippen LogP contribution in [0.1, 0.15) is 0 Å². The van der Waals surface area contributed by atoms with Gasteiger partial charge in [0.2, 0.25) is 0 Å². The second-order valence-corrected chi connectivity index (χ2v) is 5.91. The molecule has 0 aliphatic heterocycles. The molecule has 1 heterocycles.